The highest BCUT2D eigenvalue weighted by Crippen LogP contribution is 2.12. The van der Waals surface area contributed by atoms with Gasteiger partial charge in [-0.2, -0.15) is 0 Å². The van der Waals surface area contributed by atoms with Gasteiger partial charge in [-0.05, 0) is 11.5 Å². The van der Waals surface area contributed by atoms with Gasteiger partial charge >= 0.3 is 0 Å². The van der Waals surface area contributed by atoms with Gasteiger partial charge in [-0.15, -0.1) is 5.10 Å². The summed E-state index contributed by atoms with van der Waals surface area (Å²) in [7, 11) is 0. The van der Waals surface area contributed by atoms with Crippen LogP contribution in [0.25, 0.3) is 0 Å². The molecule has 2 heterocycles. The van der Waals surface area contributed by atoms with Crippen LogP contribution in [0.3, 0.4) is 0 Å². The lowest BCUT2D eigenvalue weighted by Gasteiger charge is -2.36. The van der Waals surface area contributed by atoms with Crippen molar-refractivity contribution in [3.8, 4) is 0 Å². The van der Waals surface area contributed by atoms with Gasteiger partial charge < -0.3 is 10.1 Å². The lowest BCUT2D eigenvalue weighted by atomic mass is 10.0. The summed E-state index contributed by atoms with van der Waals surface area (Å²) in [5, 5.41) is 11.1. The number of carbonyl (C=O) groups is 1. The van der Waals surface area contributed by atoms with Crippen molar-refractivity contribution < 1.29 is 9.53 Å². The average Bonchev–Trinajstić information content (AvgIpc) is 3.12. The molecular formula is C19H27N5O2. The molecule has 26 heavy (non-hydrogen) atoms. The van der Waals surface area contributed by atoms with E-state index in [1.807, 2.05) is 30.3 Å². The number of amides is 1. The molecule has 2 aromatic rings. The molecular weight excluding hydrogens is 330 g/mol. The van der Waals surface area contributed by atoms with Gasteiger partial charge in [-0.1, -0.05) is 49.4 Å². The van der Waals surface area contributed by atoms with E-state index in [-0.39, 0.29) is 5.91 Å². The number of rotatable bonds is 7. The summed E-state index contributed by atoms with van der Waals surface area (Å²) >= 11 is 0. The molecule has 0 saturated carbocycles. The number of morpholine rings is 1. The van der Waals surface area contributed by atoms with Crippen LogP contribution in [0.15, 0.2) is 36.5 Å². The summed E-state index contributed by atoms with van der Waals surface area (Å²) in [5.41, 5.74) is 1.47. The fraction of sp³-hybridized carbons (Fsp3) is 0.526. The summed E-state index contributed by atoms with van der Waals surface area (Å²) in [4.78, 5) is 14.8. The normalized spacial score (nSPS) is 16.6. The van der Waals surface area contributed by atoms with E-state index in [0.29, 0.717) is 30.7 Å². The second-order valence-electron chi connectivity index (χ2n) is 6.96. The summed E-state index contributed by atoms with van der Waals surface area (Å²) in [5.74, 6) is 0.269. The Morgan fingerprint density at radius 3 is 2.65 bits per heavy atom. The standard InChI is InChI=1S/C19H27N5O2/c1-15(2)18(23-8-10-26-11-9-23)12-20-19(25)17-14-24(22-21-17)13-16-6-4-3-5-7-16/h3-7,14-15,18H,8-13H2,1-2H3,(H,20,25). The zero-order valence-electron chi connectivity index (χ0n) is 15.5. The Kier molecular flexibility index (Phi) is 6.35. The highest BCUT2D eigenvalue weighted by atomic mass is 16.5. The highest BCUT2D eigenvalue weighted by molar-refractivity contribution is 5.91. The number of carbonyl (C=O) groups excluding carboxylic acids is 1. The SMILES string of the molecule is CC(C)C(CNC(=O)c1cn(Cc2ccccc2)nn1)N1CCOCC1. The van der Waals surface area contributed by atoms with Gasteiger partial charge in [0.05, 0.1) is 26.0 Å². The first-order chi connectivity index (χ1) is 12.6. The number of aromatic nitrogens is 3. The molecule has 0 radical (unpaired) electrons. The van der Waals surface area contributed by atoms with E-state index < -0.39 is 0 Å². The maximum Gasteiger partial charge on any atom is 0.273 e. The fourth-order valence-corrected chi connectivity index (χ4v) is 3.23. The Morgan fingerprint density at radius 1 is 1.23 bits per heavy atom. The minimum absolute atomic E-state index is 0.178. The molecule has 7 nitrogen and oxygen atoms in total. The van der Waals surface area contributed by atoms with Crippen LogP contribution in [0.5, 0.6) is 0 Å². The Labute approximate surface area is 154 Å². The molecule has 1 aromatic carbocycles. The number of hydrogen-bond acceptors (Lipinski definition) is 5. The zero-order valence-corrected chi connectivity index (χ0v) is 15.5. The third kappa shape index (κ3) is 4.89. The molecule has 1 saturated heterocycles. The second kappa shape index (κ2) is 8.91. The summed E-state index contributed by atoms with van der Waals surface area (Å²) in [6, 6.07) is 10.3. The Hall–Kier alpha value is -2.25. The third-order valence-corrected chi connectivity index (χ3v) is 4.71. The maximum absolute atomic E-state index is 12.5. The number of benzene rings is 1. The van der Waals surface area contributed by atoms with Gasteiger partial charge in [-0.3, -0.25) is 9.69 Å². The van der Waals surface area contributed by atoms with Crippen LogP contribution in [-0.2, 0) is 11.3 Å². The Morgan fingerprint density at radius 2 is 1.96 bits per heavy atom. The molecule has 0 spiro atoms. The van der Waals surface area contributed by atoms with Crippen LogP contribution in [0.1, 0.15) is 29.9 Å². The number of hydrogen-bond donors (Lipinski definition) is 1. The molecule has 140 valence electrons. The zero-order chi connectivity index (χ0) is 18.4. The summed E-state index contributed by atoms with van der Waals surface area (Å²) in [6.45, 7) is 8.89. The Bertz CT molecular complexity index is 695. The quantitative estimate of drug-likeness (QED) is 0.811. The molecule has 7 heteroatoms. The molecule has 1 fully saturated rings. The van der Waals surface area contributed by atoms with Crippen molar-refractivity contribution in [1.82, 2.24) is 25.2 Å². The van der Waals surface area contributed by atoms with E-state index in [0.717, 1.165) is 31.9 Å². The first kappa shape index (κ1) is 18.5. The molecule has 1 atom stereocenters. The number of nitrogens with zero attached hydrogens (tertiary/aromatic N) is 4. The van der Waals surface area contributed by atoms with Crippen LogP contribution in [-0.4, -0.2) is 64.7 Å². The van der Waals surface area contributed by atoms with Crippen molar-refractivity contribution in [1.29, 1.82) is 0 Å². The van der Waals surface area contributed by atoms with E-state index in [1.165, 1.54) is 0 Å². The maximum atomic E-state index is 12.5. The van der Waals surface area contributed by atoms with Crippen LogP contribution in [0, 0.1) is 5.92 Å². The van der Waals surface area contributed by atoms with Gasteiger partial charge in [0.15, 0.2) is 5.69 Å². The van der Waals surface area contributed by atoms with Gasteiger partial charge in [-0.25, -0.2) is 4.68 Å². The van der Waals surface area contributed by atoms with Crippen LogP contribution < -0.4 is 5.32 Å². The van der Waals surface area contributed by atoms with Crippen molar-refractivity contribution in [3.05, 3.63) is 47.8 Å². The molecule has 1 N–H and O–H groups in total. The molecule has 0 aliphatic carbocycles. The molecule has 1 unspecified atom stereocenters. The van der Waals surface area contributed by atoms with Crippen molar-refractivity contribution in [2.75, 3.05) is 32.8 Å². The van der Waals surface area contributed by atoms with Crippen LogP contribution in [0.2, 0.25) is 0 Å². The monoisotopic (exact) mass is 357 g/mol. The fourth-order valence-electron chi connectivity index (χ4n) is 3.23. The molecule has 1 aliphatic heterocycles. The number of nitrogens with one attached hydrogen (secondary N) is 1. The lowest BCUT2D eigenvalue weighted by molar-refractivity contribution is 0.00671. The molecule has 1 aliphatic rings. The number of ether oxygens (including phenoxy) is 1. The van der Waals surface area contributed by atoms with Crippen LogP contribution in [0.4, 0.5) is 0 Å². The molecule has 3 rings (SSSR count). The van der Waals surface area contributed by atoms with E-state index in [4.69, 9.17) is 4.74 Å². The van der Waals surface area contributed by atoms with Crippen molar-refractivity contribution in [3.63, 3.8) is 0 Å². The molecule has 0 bridgehead atoms. The summed E-state index contributed by atoms with van der Waals surface area (Å²) < 4.78 is 7.11. The first-order valence-corrected chi connectivity index (χ1v) is 9.17. The minimum atomic E-state index is -0.178. The van der Waals surface area contributed by atoms with Crippen molar-refractivity contribution in [2.24, 2.45) is 5.92 Å². The van der Waals surface area contributed by atoms with Gasteiger partial charge in [0.1, 0.15) is 0 Å². The predicted octanol–water partition coefficient (Wildman–Crippen LogP) is 1.41. The third-order valence-electron chi connectivity index (χ3n) is 4.71. The lowest BCUT2D eigenvalue weighted by Crippen LogP contribution is -2.51. The minimum Gasteiger partial charge on any atom is -0.379 e. The van der Waals surface area contributed by atoms with Crippen molar-refractivity contribution >= 4 is 5.91 Å². The predicted molar refractivity (Wildman–Crippen MR) is 98.9 cm³/mol. The van der Waals surface area contributed by atoms with Gasteiger partial charge in [0.25, 0.3) is 5.91 Å². The topological polar surface area (TPSA) is 72.3 Å². The highest BCUT2D eigenvalue weighted by Gasteiger charge is 2.24. The average molecular weight is 357 g/mol. The van der Waals surface area contributed by atoms with Crippen molar-refractivity contribution in [2.45, 2.75) is 26.4 Å². The second-order valence-corrected chi connectivity index (χ2v) is 6.96. The van der Waals surface area contributed by atoms with E-state index in [2.05, 4.69) is 34.4 Å². The van der Waals surface area contributed by atoms with Gasteiger partial charge in [0, 0.05) is 25.7 Å². The smallest absolute Gasteiger partial charge is 0.273 e. The summed E-state index contributed by atoms with van der Waals surface area (Å²) in [6.07, 6.45) is 1.70. The van der Waals surface area contributed by atoms with E-state index in [9.17, 15) is 4.79 Å². The van der Waals surface area contributed by atoms with Crippen LogP contribution >= 0.6 is 0 Å². The van der Waals surface area contributed by atoms with E-state index in [1.54, 1.807) is 10.9 Å². The molecule has 1 aromatic heterocycles. The Balaban J connectivity index is 1.55. The first-order valence-electron chi connectivity index (χ1n) is 9.17. The van der Waals surface area contributed by atoms with E-state index >= 15 is 0 Å². The molecule has 1 amide bonds. The largest absolute Gasteiger partial charge is 0.379 e. The van der Waals surface area contributed by atoms with Gasteiger partial charge in [0.2, 0.25) is 0 Å².